The van der Waals surface area contributed by atoms with Crippen molar-refractivity contribution < 1.29 is 4.42 Å². The standard InChI is InChI=1S/C42H32N2O/c1-4-5-19-38-34(26-40-43-37-18-12-10-16-32(37)41(44-40)27-13-7-6-8-14-27)33-24-28(21-23-39(33)45-38)29-20-22-31-30-15-9-11-17-35(30)42(2,3)36(31)25-29/h4-26H,1-3H3/b5-4-,34-26?,38-19+. The first-order valence-corrected chi connectivity index (χ1v) is 15.5. The molecule has 1 aliphatic carbocycles. The molecule has 3 heteroatoms. The number of aromatic nitrogens is 2. The SMILES string of the molecule is C/C=C\C=c1\oc2ccc(-c3ccc4c(c3)C(C)(C)c3ccccc3-4)cc2c1=Cc1nc(-c2ccccc2)c2ccccc2n1. The summed E-state index contributed by atoms with van der Waals surface area (Å²) in [7, 11) is 0. The van der Waals surface area contributed by atoms with Crippen molar-refractivity contribution in [3.63, 3.8) is 0 Å². The molecule has 8 rings (SSSR count). The van der Waals surface area contributed by atoms with Crippen molar-refractivity contribution in [2.75, 3.05) is 0 Å². The second kappa shape index (κ2) is 10.6. The molecule has 0 spiro atoms. The third-order valence-corrected chi connectivity index (χ3v) is 9.05. The Balaban J connectivity index is 1.33. The summed E-state index contributed by atoms with van der Waals surface area (Å²) >= 11 is 0. The first-order valence-electron chi connectivity index (χ1n) is 15.5. The Kier molecular flexibility index (Phi) is 6.35. The molecule has 45 heavy (non-hydrogen) atoms. The van der Waals surface area contributed by atoms with E-state index in [1.807, 2.05) is 61.5 Å². The Morgan fingerprint density at radius 2 is 1.38 bits per heavy atom. The van der Waals surface area contributed by atoms with Gasteiger partial charge in [-0.3, -0.25) is 0 Å². The second-order valence-corrected chi connectivity index (χ2v) is 12.2. The van der Waals surface area contributed by atoms with Crippen molar-refractivity contribution in [3.05, 3.63) is 155 Å². The van der Waals surface area contributed by atoms with E-state index in [1.54, 1.807) is 0 Å². The van der Waals surface area contributed by atoms with Gasteiger partial charge in [-0.1, -0.05) is 117 Å². The molecule has 1 aliphatic rings. The van der Waals surface area contributed by atoms with Crippen LogP contribution in [0.25, 0.3) is 67.5 Å². The molecule has 0 saturated carbocycles. The fourth-order valence-electron chi connectivity index (χ4n) is 6.76. The molecule has 0 N–H and O–H groups in total. The van der Waals surface area contributed by atoms with E-state index in [0.29, 0.717) is 5.82 Å². The highest BCUT2D eigenvalue weighted by Gasteiger charge is 2.35. The molecule has 0 bridgehead atoms. The van der Waals surface area contributed by atoms with Crippen LogP contribution in [0.2, 0.25) is 0 Å². The molecule has 0 unspecified atom stereocenters. The number of allylic oxidation sites excluding steroid dienone is 2. The lowest BCUT2D eigenvalue weighted by Crippen LogP contribution is -2.20. The first kappa shape index (κ1) is 27.0. The summed E-state index contributed by atoms with van der Waals surface area (Å²) in [5.41, 5.74) is 12.2. The monoisotopic (exact) mass is 580 g/mol. The Bertz CT molecular complexity index is 2410. The van der Waals surface area contributed by atoms with E-state index in [4.69, 9.17) is 14.4 Å². The number of rotatable bonds is 4. The minimum absolute atomic E-state index is 0.0564. The summed E-state index contributed by atoms with van der Waals surface area (Å²) in [4.78, 5) is 10.1. The highest BCUT2D eigenvalue weighted by atomic mass is 16.3. The highest BCUT2D eigenvalue weighted by molar-refractivity contribution is 5.93. The van der Waals surface area contributed by atoms with Crippen molar-refractivity contribution in [3.8, 4) is 33.5 Å². The molecule has 3 nitrogen and oxygen atoms in total. The Morgan fingerprint density at radius 1 is 0.644 bits per heavy atom. The van der Waals surface area contributed by atoms with E-state index < -0.39 is 0 Å². The van der Waals surface area contributed by atoms with E-state index in [1.165, 1.54) is 27.8 Å². The van der Waals surface area contributed by atoms with E-state index >= 15 is 0 Å². The van der Waals surface area contributed by atoms with Crippen LogP contribution in [-0.4, -0.2) is 9.97 Å². The molecule has 2 aromatic heterocycles. The van der Waals surface area contributed by atoms with Crippen LogP contribution in [0.1, 0.15) is 37.7 Å². The average molecular weight is 581 g/mol. The fourth-order valence-corrected chi connectivity index (χ4v) is 6.76. The van der Waals surface area contributed by atoms with Crippen LogP contribution in [0, 0.1) is 0 Å². The fraction of sp³-hybridized carbons (Fsp3) is 0.0952. The van der Waals surface area contributed by atoms with Crippen molar-refractivity contribution in [1.82, 2.24) is 9.97 Å². The average Bonchev–Trinajstić information content (AvgIpc) is 3.54. The topological polar surface area (TPSA) is 38.9 Å². The van der Waals surface area contributed by atoms with Crippen LogP contribution in [0.5, 0.6) is 0 Å². The van der Waals surface area contributed by atoms with Crippen molar-refractivity contribution >= 4 is 34.0 Å². The third-order valence-electron chi connectivity index (χ3n) is 9.05. The molecule has 0 fully saturated rings. The van der Waals surface area contributed by atoms with Gasteiger partial charge in [0.15, 0.2) is 5.82 Å². The zero-order valence-corrected chi connectivity index (χ0v) is 25.6. The van der Waals surface area contributed by atoms with Gasteiger partial charge >= 0.3 is 0 Å². The molecule has 0 atom stereocenters. The number of nitrogens with zero attached hydrogens (tertiary/aromatic N) is 2. The Labute approximate surface area is 262 Å². The third kappa shape index (κ3) is 4.51. The van der Waals surface area contributed by atoms with Crippen molar-refractivity contribution in [1.29, 1.82) is 0 Å². The molecule has 0 radical (unpaired) electrons. The molecule has 216 valence electrons. The number of hydrogen-bond acceptors (Lipinski definition) is 3. The summed E-state index contributed by atoms with van der Waals surface area (Å²) in [5.74, 6) is 0.646. The molecule has 0 saturated heterocycles. The van der Waals surface area contributed by atoms with Crippen LogP contribution in [0.4, 0.5) is 0 Å². The van der Waals surface area contributed by atoms with Gasteiger partial charge in [-0.05, 0) is 76.7 Å². The normalized spacial score (nSPS) is 14.5. The first-order chi connectivity index (χ1) is 22.0. The van der Waals surface area contributed by atoms with Gasteiger partial charge < -0.3 is 4.42 Å². The summed E-state index contributed by atoms with van der Waals surface area (Å²) in [6.45, 7) is 6.65. The van der Waals surface area contributed by atoms with Crippen LogP contribution in [0.15, 0.2) is 132 Å². The maximum absolute atomic E-state index is 6.42. The lowest BCUT2D eigenvalue weighted by Gasteiger charge is -2.22. The zero-order valence-electron chi connectivity index (χ0n) is 25.6. The number of benzene rings is 5. The summed E-state index contributed by atoms with van der Waals surface area (Å²) in [6.07, 6.45) is 8.09. The molecule has 0 amide bonds. The maximum atomic E-state index is 6.42. The second-order valence-electron chi connectivity index (χ2n) is 12.2. The highest BCUT2D eigenvalue weighted by Crippen LogP contribution is 2.49. The Hall–Kier alpha value is -5.54. The molecule has 2 heterocycles. The van der Waals surface area contributed by atoms with Gasteiger partial charge in [0.1, 0.15) is 11.0 Å². The summed E-state index contributed by atoms with van der Waals surface area (Å²) < 4.78 is 6.42. The van der Waals surface area contributed by atoms with Gasteiger partial charge in [-0.25, -0.2) is 9.97 Å². The summed E-state index contributed by atoms with van der Waals surface area (Å²) in [5, 5.41) is 3.03. The van der Waals surface area contributed by atoms with E-state index in [-0.39, 0.29) is 5.41 Å². The quantitative estimate of drug-likeness (QED) is 0.208. The van der Waals surface area contributed by atoms with E-state index in [2.05, 4.69) is 98.8 Å². The van der Waals surface area contributed by atoms with Gasteiger partial charge in [-0.15, -0.1) is 0 Å². The Morgan fingerprint density at radius 3 is 2.24 bits per heavy atom. The molecule has 0 aliphatic heterocycles. The van der Waals surface area contributed by atoms with Crippen molar-refractivity contribution in [2.45, 2.75) is 26.2 Å². The smallest absolute Gasteiger partial charge is 0.153 e. The van der Waals surface area contributed by atoms with E-state index in [9.17, 15) is 0 Å². The molecular weight excluding hydrogens is 548 g/mol. The van der Waals surface area contributed by atoms with Gasteiger partial charge in [0.2, 0.25) is 0 Å². The number of furan rings is 1. The van der Waals surface area contributed by atoms with Gasteiger partial charge in [0.05, 0.1) is 11.2 Å². The minimum Gasteiger partial charge on any atom is -0.456 e. The molecular formula is C42H32N2O. The van der Waals surface area contributed by atoms with Crippen LogP contribution >= 0.6 is 0 Å². The van der Waals surface area contributed by atoms with Crippen molar-refractivity contribution in [2.24, 2.45) is 0 Å². The molecule has 7 aromatic rings. The predicted molar refractivity (Wildman–Crippen MR) is 186 cm³/mol. The predicted octanol–water partition coefficient (Wildman–Crippen LogP) is 9.20. The number of para-hydroxylation sites is 1. The number of hydrogen-bond donors (Lipinski definition) is 0. The van der Waals surface area contributed by atoms with Gasteiger partial charge in [-0.2, -0.15) is 0 Å². The lowest BCUT2D eigenvalue weighted by atomic mass is 9.81. The van der Waals surface area contributed by atoms with Gasteiger partial charge in [0, 0.05) is 27.0 Å². The van der Waals surface area contributed by atoms with Crippen LogP contribution < -0.4 is 10.6 Å². The van der Waals surface area contributed by atoms with Gasteiger partial charge in [0.25, 0.3) is 0 Å². The minimum atomic E-state index is -0.0564. The zero-order chi connectivity index (χ0) is 30.5. The largest absolute Gasteiger partial charge is 0.456 e. The lowest BCUT2D eigenvalue weighted by molar-refractivity contribution is 0.575. The van der Waals surface area contributed by atoms with Crippen LogP contribution in [-0.2, 0) is 5.41 Å². The molecule has 5 aromatic carbocycles. The summed E-state index contributed by atoms with van der Waals surface area (Å²) in [6, 6.07) is 40.7. The van der Waals surface area contributed by atoms with Crippen LogP contribution in [0.3, 0.4) is 0 Å². The van der Waals surface area contributed by atoms with E-state index in [0.717, 1.165) is 49.3 Å². The number of fused-ring (bicyclic) bond motifs is 5. The maximum Gasteiger partial charge on any atom is 0.153 e.